The van der Waals surface area contributed by atoms with Gasteiger partial charge in [-0.25, -0.2) is 0 Å². The molecule has 0 aromatic rings. The minimum Gasteiger partial charge on any atom is -0.264 e. The Balaban J connectivity index is 3.32. The van der Waals surface area contributed by atoms with E-state index >= 15 is 0 Å². The van der Waals surface area contributed by atoms with Gasteiger partial charge in [0.2, 0.25) is 0 Å². The molecule has 0 aliphatic carbocycles. The van der Waals surface area contributed by atoms with Gasteiger partial charge in [0.1, 0.15) is 14.1 Å². The molecule has 2 nitrogen and oxygen atoms in total. The van der Waals surface area contributed by atoms with E-state index in [1.807, 2.05) is 0 Å². The van der Waals surface area contributed by atoms with Crippen molar-refractivity contribution < 1.29 is 0 Å². The highest BCUT2D eigenvalue weighted by atomic mass is 15.2. The molecule has 0 aliphatic heterocycles. The van der Waals surface area contributed by atoms with E-state index in [1.54, 1.807) is 0 Å². The zero-order chi connectivity index (χ0) is 9.40. The SMILES string of the molecule is CCCCCNC(CC)[N+](C)C. The zero-order valence-corrected chi connectivity index (χ0v) is 9.06. The molecule has 0 bridgehead atoms. The van der Waals surface area contributed by atoms with Crippen LogP contribution in [0.5, 0.6) is 0 Å². The molecule has 0 spiro atoms. The fraction of sp³-hybridized carbons (Fsp3) is 1.00. The van der Waals surface area contributed by atoms with Crippen molar-refractivity contribution in [3.05, 3.63) is 0 Å². The highest BCUT2D eigenvalue weighted by Gasteiger charge is 2.14. The third kappa shape index (κ3) is 5.56. The number of unbranched alkanes of at least 4 members (excludes halogenated alkanes) is 2. The Morgan fingerprint density at radius 3 is 2.25 bits per heavy atom. The second kappa shape index (κ2) is 7.56. The highest BCUT2D eigenvalue weighted by molar-refractivity contribution is 4.64. The Morgan fingerprint density at radius 1 is 1.17 bits per heavy atom. The molecular formula is C10H24N2+. The van der Waals surface area contributed by atoms with Crippen LogP contribution in [0.4, 0.5) is 0 Å². The number of rotatable bonds is 7. The maximum atomic E-state index is 3.53. The van der Waals surface area contributed by atoms with Crippen molar-refractivity contribution in [2.24, 2.45) is 0 Å². The predicted molar refractivity (Wildman–Crippen MR) is 55.6 cm³/mol. The second-order valence-electron chi connectivity index (χ2n) is 3.55. The van der Waals surface area contributed by atoms with Gasteiger partial charge in [-0.05, 0) is 6.42 Å². The summed E-state index contributed by atoms with van der Waals surface area (Å²) >= 11 is 0. The molecular weight excluding hydrogens is 148 g/mol. The minimum absolute atomic E-state index is 0.557. The van der Waals surface area contributed by atoms with E-state index in [-0.39, 0.29) is 0 Å². The maximum Gasteiger partial charge on any atom is 0.185 e. The maximum absolute atomic E-state index is 3.53. The van der Waals surface area contributed by atoms with E-state index in [2.05, 4.69) is 38.2 Å². The molecule has 0 aliphatic rings. The van der Waals surface area contributed by atoms with Gasteiger partial charge in [0.05, 0.1) is 0 Å². The highest BCUT2D eigenvalue weighted by Crippen LogP contribution is 1.95. The van der Waals surface area contributed by atoms with Crippen LogP contribution in [-0.4, -0.2) is 26.8 Å². The van der Waals surface area contributed by atoms with Crippen LogP contribution in [0.1, 0.15) is 39.5 Å². The van der Waals surface area contributed by atoms with Crippen molar-refractivity contribution >= 4 is 0 Å². The molecule has 0 rings (SSSR count). The standard InChI is InChI=1S/C10H24N2/c1-5-7-8-9-11-10(6-2)12(3)4/h10-11H,5-9H2,1-4H3/q+1. The topological polar surface area (TPSA) is 17.9 Å². The van der Waals surface area contributed by atoms with Gasteiger partial charge in [-0.2, -0.15) is 4.90 Å². The molecule has 12 heavy (non-hydrogen) atoms. The number of nitrogens with zero attached hydrogens (tertiary/aromatic N) is 1. The predicted octanol–water partition coefficient (Wildman–Crippen LogP) is 1.90. The largest absolute Gasteiger partial charge is 0.264 e. The van der Waals surface area contributed by atoms with Crippen molar-refractivity contribution in [3.8, 4) is 0 Å². The van der Waals surface area contributed by atoms with Crippen LogP contribution in [0, 0.1) is 0 Å². The smallest absolute Gasteiger partial charge is 0.185 e. The average molecular weight is 172 g/mol. The fourth-order valence-corrected chi connectivity index (χ4v) is 1.34. The summed E-state index contributed by atoms with van der Waals surface area (Å²) in [6.45, 7) is 5.62. The second-order valence-corrected chi connectivity index (χ2v) is 3.55. The number of hydrogen-bond acceptors (Lipinski definition) is 2. The molecule has 2 heteroatoms. The summed E-state index contributed by atoms with van der Waals surface area (Å²) < 4.78 is 0. The summed E-state index contributed by atoms with van der Waals surface area (Å²) in [5.41, 5.74) is 0. The third-order valence-electron chi connectivity index (χ3n) is 2.17. The van der Waals surface area contributed by atoms with Gasteiger partial charge >= 0.3 is 0 Å². The lowest BCUT2D eigenvalue weighted by Gasteiger charge is -2.15. The molecule has 0 aromatic heterocycles. The first-order chi connectivity index (χ1) is 5.72. The van der Waals surface area contributed by atoms with E-state index < -0.39 is 0 Å². The summed E-state index contributed by atoms with van der Waals surface area (Å²) in [7, 11) is 4.25. The molecule has 1 atom stereocenters. The van der Waals surface area contributed by atoms with Gasteiger partial charge in [-0.1, -0.05) is 26.7 Å². The third-order valence-corrected chi connectivity index (χ3v) is 2.17. The lowest BCUT2D eigenvalue weighted by molar-refractivity contribution is 0.335. The summed E-state index contributed by atoms with van der Waals surface area (Å²) in [6, 6.07) is 0. The van der Waals surface area contributed by atoms with E-state index in [0.717, 1.165) is 6.54 Å². The van der Waals surface area contributed by atoms with Crippen molar-refractivity contribution in [1.82, 2.24) is 10.2 Å². The molecule has 0 amide bonds. The Bertz CT molecular complexity index is 91.8. The van der Waals surface area contributed by atoms with Gasteiger partial charge in [0.25, 0.3) is 0 Å². The van der Waals surface area contributed by atoms with Crippen LogP contribution in [0.15, 0.2) is 0 Å². The normalized spacial score (nSPS) is 13.8. The van der Waals surface area contributed by atoms with Gasteiger partial charge < -0.3 is 0 Å². The zero-order valence-electron chi connectivity index (χ0n) is 9.06. The molecule has 0 fully saturated rings. The van der Waals surface area contributed by atoms with E-state index in [9.17, 15) is 0 Å². The van der Waals surface area contributed by atoms with Crippen LogP contribution in [-0.2, 0) is 0 Å². The molecule has 0 heterocycles. The van der Waals surface area contributed by atoms with Gasteiger partial charge in [-0.3, -0.25) is 5.32 Å². The van der Waals surface area contributed by atoms with E-state index in [1.165, 1.54) is 25.7 Å². The molecule has 0 saturated heterocycles. The summed E-state index contributed by atoms with van der Waals surface area (Å²) in [6.07, 6.45) is 5.69. The Labute approximate surface area is 77.3 Å². The molecule has 1 unspecified atom stereocenters. The van der Waals surface area contributed by atoms with Gasteiger partial charge in [0.15, 0.2) is 6.17 Å². The van der Waals surface area contributed by atoms with Crippen LogP contribution in [0.3, 0.4) is 0 Å². The molecule has 0 aromatic carbocycles. The molecule has 1 radical (unpaired) electrons. The Morgan fingerprint density at radius 2 is 1.83 bits per heavy atom. The van der Waals surface area contributed by atoms with E-state index in [0.29, 0.717) is 6.17 Å². The summed E-state index contributed by atoms with van der Waals surface area (Å²) in [5, 5.41) is 3.53. The molecule has 73 valence electrons. The van der Waals surface area contributed by atoms with E-state index in [4.69, 9.17) is 0 Å². The van der Waals surface area contributed by atoms with Crippen molar-refractivity contribution in [3.63, 3.8) is 0 Å². The van der Waals surface area contributed by atoms with Gasteiger partial charge in [0, 0.05) is 13.0 Å². The monoisotopic (exact) mass is 172 g/mol. The first kappa shape index (κ1) is 11.9. The Hall–Kier alpha value is -0.0800. The first-order valence-corrected chi connectivity index (χ1v) is 5.12. The quantitative estimate of drug-likeness (QED) is 0.353. The van der Waals surface area contributed by atoms with Gasteiger partial charge in [-0.15, -0.1) is 0 Å². The fourth-order valence-electron chi connectivity index (χ4n) is 1.34. The van der Waals surface area contributed by atoms with Crippen LogP contribution in [0.2, 0.25) is 0 Å². The summed E-state index contributed by atoms with van der Waals surface area (Å²) in [4.78, 5) is 2.24. The number of hydrogen-bond donors (Lipinski definition) is 1. The minimum atomic E-state index is 0.557. The van der Waals surface area contributed by atoms with Crippen LogP contribution < -0.4 is 10.2 Å². The number of nitrogens with one attached hydrogen (secondary N) is 1. The summed E-state index contributed by atoms with van der Waals surface area (Å²) in [5.74, 6) is 0. The first-order valence-electron chi connectivity index (χ1n) is 5.12. The molecule has 0 saturated carbocycles. The molecule has 1 N–H and O–H groups in total. The lowest BCUT2D eigenvalue weighted by atomic mass is 10.2. The van der Waals surface area contributed by atoms with Crippen molar-refractivity contribution in [2.75, 3.05) is 20.6 Å². The van der Waals surface area contributed by atoms with Crippen molar-refractivity contribution in [1.29, 1.82) is 0 Å². The van der Waals surface area contributed by atoms with Crippen molar-refractivity contribution in [2.45, 2.75) is 45.7 Å². The average Bonchev–Trinajstić information content (AvgIpc) is 2.04. The van der Waals surface area contributed by atoms with Crippen LogP contribution >= 0.6 is 0 Å². The van der Waals surface area contributed by atoms with Crippen LogP contribution in [0.25, 0.3) is 0 Å². The lowest BCUT2D eigenvalue weighted by Crippen LogP contribution is -2.44. The Kier molecular flexibility index (Phi) is 7.51.